The van der Waals surface area contributed by atoms with Gasteiger partial charge in [-0.05, 0) is 65.3 Å². The van der Waals surface area contributed by atoms with Gasteiger partial charge in [0.2, 0.25) is 5.82 Å². The molecule has 1 aromatic carbocycles. The zero-order valence-corrected chi connectivity index (χ0v) is 15.5. The van der Waals surface area contributed by atoms with Crippen LogP contribution in [0.1, 0.15) is 48.0 Å². The van der Waals surface area contributed by atoms with Crippen molar-refractivity contribution in [1.82, 2.24) is 20.2 Å². The lowest BCUT2D eigenvalue weighted by Gasteiger charge is -2.26. The molecule has 1 aliphatic rings. The number of quaternary nitrogens is 1. The van der Waals surface area contributed by atoms with E-state index in [1.54, 1.807) is 28.4 Å². The molecule has 0 unspecified atom stereocenters. The number of hydrogen-bond acceptors (Lipinski definition) is 4. The Morgan fingerprint density at radius 3 is 2.54 bits per heavy atom. The maximum atomic E-state index is 13.2. The fourth-order valence-corrected chi connectivity index (χ4v) is 4.61. The number of benzene rings is 1. The Morgan fingerprint density at radius 1 is 1.08 bits per heavy atom. The molecule has 2 aromatic heterocycles. The third kappa shape index (κ3) is 3.83. The third-order valence-electron chi connectivity index (χ3n) is 5.05. The van der Waals surface area contributed by atoms with Crippen LogP contribution in [0.4, 0.5) is 4.39 Å². The molecule has 7 heteroatoms. The molecule has 26 heavy (non-hydrogen) atoms. The van der Waals surface area contributed by atoms with Gasteiger partial charge < -0.3 is 4.90 Å². The Balaban J connectivity index is 1.66. The van der Waals surface area contributed by atoms with Gasteiger partial charge in [0, 0.05) is 0 Å². The van der Waals surface area contributed by atoms with Gasteiger partial charge in [-0.1, -0.05) is 18.2 Å². The topological polar surface area (TPSA) is 48.0 Å². The number of thiophene rings is 1. The van der Waals surface area contributed by atoms with Crippen LogP contribution in [0.3, 0.4) is 0 Å². The largest absolute Gasteiger partial charge is 0.322 e. The highest BCUT2D eigenvalue weighted by Crippen LogP contribution is 2.23. The van der Waals surface area contributed by atoms with E-state index in [2.05, 4.69) is 33.0 Å². The molecular formula is C19H23FN5S+. The molecule has 0 amide bonds. The first-order valence-corrected chi connectivity index (χ1v) is 10.1. The number of rotatable bonds is 5. The Bertz CT molecular complexity index is 807. The summed E-state index contributed by atoms with van der Waals surface area (Å²) < 4.78 is 15.1. The first kappa shape index (κ1) is 17.3. The van der Waals surface area contributed by atoms with Crippen molar-refractivity contribution in [3.63, 3.8) is 0 Å². The lowest BCUT2D eigenvalue weighted by Crippen LogP contribution is -3.12. The first-order valence-electron chi connectivity index (χ1n) is 9.20. The number of nitrogens with one attached hydrogen (secondary N) is 1. The Labute approximate surface area is 156 Å². The van der Waals surface area contributed by atoms with E-state index in [4.69, 9.17) is 0 Å². The Hall–Kier alpha value is -2.12. The van der Waals surface area contributed by atoms with Crippen molar-refractivity contribution in [2.45, 2.75) is 38.3 Å². The molecule has 0 bridgehead atoms. The van der Waals surface area contributed by atoms with Crippen LogP contribution in [-0.2, 0) is 6.54 Å². The molecule has 1 saturated heterocycles. The summed E-state index contributed by atoms with van der Waals surface area (Å²) in [5.41, 5.74) is 0.996. The van der Waals surface area contributed by atoms with Crippen molar-refractivity contribution in [2.75, 3.05) is 13.1 Å². The van der Waals surface area contributed by atoms with Crippen molar-refractivity contribution in [3.8, 4) is 0 Å². The van der Waals surface area contributed by atoms with E-state index < -0.39 is 0 Å². The van der Waals surface area contributed by atoms with Gasteiger partial charge >= 0.3 is 0 Å². The molecular weight excluding hydrogens is 349 g/mol. The predicted octanol–water partition coefficient (Wildman–Crippen LogP) is 2.47. The van der Waals surface area contributed by atoms with E-state index in [1.165, 1.54) is 42.7 Å². The molecule has 0 spiro atoms. The SMILES string of the molecule is Fc1ccc(Cn2nnnc2[C@H](c2cccs2)[NH+]2CCCCCC2)cc1. The third-order valence-corrected chi connectivity index (χ3v) is 5.98. The van der Waals surface area contributed by atoms with Crippen LogP contribution < -0.4 is 4.90 Å². The first-order chi connectivity index (χ1) is 12.8. The van der Waals surface area contributed by atoms with Crippen LogP contribution in [0.2, 0.25) is 0 Å². The number of hydrogen-bond donors (Lipinski definition) is 1. The second kappa shape index (κ2) is 8.05. The van der Waals surface area contributed by atoms with Crippen molar-refractivity contribution in [3.05, 3.63) is 63.9 Å². The van der Waals surface area contributed by atoms with E-state index in [0.29, 0.717) is 6.54 Å². The van der Waals surface area contributed by atoms with Crippen LogP contribution in [0.15, 0.2) is 41.8 Å². The van der Waals surface area contributed by atoms with Gasteiger partial charge in [-0.3, -0.25) is 0 Å². The van der Waals surface area contributed by atoms with Gasteiger partial charge in [-0.25, -0.2) is 9.07 Å². The summed E-state index contributed by atoms with van der Waals surface area (Å²) in [4.78, 5) is 2.84. The van der Waals surface area contributed by atoms with Crippen LogP contribution in [0.25, 0.3) is 0 Å². The fourth-order valence-electron chi connectivity index (χ4n) is 3.73. The zero-order valence-electron chi connectivity index (χ0n) is 14.6. The van der Waals surface area contributed by atoms with Gasteiger partial charge in [0.25, 0.3) is 0 Å². The van der Waals surface area contributed by atoms with E-state index >= 15 is 0 Å². The molecule has 5 nitrogen and oxygen atoms in total. The lowest BCUT2D eigenvalue weighted by molar-refractivity contribution is -0.925. The summed E-state index contributed by atoms with van der Waals surface area (Å²) in [5, 5.41) is 14.7. The maximum Gasteiger partial charge on any atom is 0.215 e. The van der Waals surface area contributed by atoms with Crippen LogP contribution >= 0.6 is 11.3 Å². The van der Waals surface area contributed by atoms with Crippen LogP contribution in [0.5, 0.6) is 0 Å². The molecule has 1 fully saturated rings. The Kier molecular flexibility index (Phi) is 5.36. The molecule has 4 rings (SSSR count). The minimum atomic E-state index is -0.226. The molecule has 0 radical (unpaired) electrons. The van der Waals surface area contributed by atoms with E-state index in [0.717, 1.165) is 24.5 Å². The highest BCUT2D eigenvalue weighted by molar-refractivity contribution is 7.10. The molecule has 3 aromatic rings. The predicted molar refractivity (Wildman–Crippen MR) is 98.6 cm³/mol. The van der Waals surface area contributed by atoms with Gasteiger partial charge in [0.05, 0.1) is 24.5 Å². The number of nitrogens with zero attached hydrogens (tertiary/aromatic N) is 4. The van der Waals surface area contributed by atoms with Crippen LogP contribution in [0, 0.1) is 5.82 Å². The second-order valence-corrected chi connectivity index (χ2v) is 7.82. The fraction of sp³-hybridized carbons (Fsp3) is 0.421. The van der Waals surface area contributed by atoms with Gasteiger partial charge in [0.15, 0.2) is 6.04 Å². The smallest absolute Gasteiger partial charge is 0.215 e. The van der Waals surface area contributed by atoms with E-state index in [1.807, 2.05) is 4.68 Å². The molecule has 0 aliphatic carbocycles. The molecule has 1 atom stereocenters. The van der Waals surface area contributed by atoms with Gasteiger partial charge in [-0.15, -0.1) is 16.4 Å². The number of halogens is 1. The van der Waals surface area contributed by atoms with E-state index in [9.17, 15) is 4.39 Å². The summed E-state index contributed by atoms with van der Waals surface area (Å²) in [6.07, 6.45) is 5.11. The quantitative estimate of drug-likeness (QED) is 0.749. The molecule has 3 heterocycles. The molecule has 1 aliphatic heterocycles. The zero-order chi connectivity index (χ0) is 17.8. The summed E-state index contributed by atoms with van der Waals surface area (Å²) in [5.74, 6) is 0.671. The van der Waals surface area contributed by atoms with Crippen LogP contribution in [-0.4, -0.2) is 33.3 Å². The number of tetrazole rings is 1. The summed E-state index contributed by atoms with van der Waals surface area (Å²) >= 11 is 1.77. The van der Waals surface area contributed by atoms with E-state index in [-0.39, 0.29) is 11.9 Å². The summed E-state index contributed by atoms with van der Waals surface area (Å²) in [6.45, 7) is 2.84. The van der Waals surface area contributed by atoms with Gasteiger partial charge in [0.1, 0.15) is 5.82 Å². The average Bonchev–Trinajstić information content (AvgIpc) is 3.26. The average molecular weight is 372 g/mol. The summed E-state index contributed by atoms with van der Waals surface area (Å²) in [6, 6.07) is 11.0. The minimum absolute atomic E-state index is 0.156. The van der Waals surface area contributed by atoms with Gasteiger partial charge in [-0.2, -0.15) is 0 Å². The van der Waals surface area contributed by atoms with Crippen molar-refractivity contribution >= 4 is 11.3 Å². The normalized spacial score (nSPS) is 17.1. The number of aromatic nitrogens is 4. The monoisotopic (exact) mass is 372 g/mol. The highest BCUT2D eigenvalue weighted by Gasteiger charge is 2.32. The maximum absolute atomic E-state index is 13.2. The lowest BCUT2D eigenvalue weighted by atomic mass is 10.1. The van der Waals surface area contributed by atoms with Crippen molar-refractivity contribution < 1.29 is 9.29 Å². The van der Waals surface area contributed by atoms with Crippen molar-refractivity contribution in [1.29, 1.82) is 0 Å². The number of likely N-dealkylation sites (tertiary alicyclic amines) is 1. The minimum Gasteiger partial charge on any atom is -0.322 e. The van der Waals surface area contributed by atoms with Crippen molar-refractivity contribution in [2.24, 2.45) is 0 Å². The molecule has 0 saturated carbocycles. The second-order valence-electron chi connectivity index (χ2n) is 6.84. The Morgan fingerprint density at radius 2 is 1.85 bits per heavy atom. The standard InChI is InChI=1S/C19H22FN5S/c20-16-9-7-15(8-10-16)14-25-19(21-22-23-25)18(17-6-5-13-26-17)24-11-3-1-2-4-12-24/h5-10,13,18H,1-4,11-12,14H2/p+1/t18-/m0/s1. The molecule has 136 valence electrons. The molecule has 1 N–H and O–H groups in total. The highest BCUT2D eigenvalue weighted by atomic mass is 32.1. The summed E-state index contributed by atoms with van der Waals surface area (Å²) in [7, 11) is 0.